The lowest BCUT2D eigenvalue weighted by Gasteiger charge is -2.07. The molecule has 0 saturated heterocycles. The molecular weight excluding hydrogens is 280 g/mol. The van der Waals surface area contributed by atoms with Crippen LogP contribution in [0, 0.1) is 10.1 Å². The second kappa shape index (κ2) is 5.61. The Kier molecular flexibility index (Phi) is 3.88. The van der Waals surface area contributed by atoms with Crippen molar-refractivity contribution in [3.8, 4) is 0 Å². The molecule has 2 rings (SSSR count). The fourth-order valence-corrected chi connectivity index (χ4v) is 1.94. The lowest BCUT2D eigenvalue weighted by molar-refractivity contribution is -0.384. The Bertz CT molecular complexity index is 665. The molecule has 1 aromatic carbocycles. The molecule has 0 fully saturated rings. The van der Waals surface area contributed by atoms with Gasteiger partial charge in [-0.05, 0) is 13.0 Å². The molecule has 1 amide bonds. The molecule has 1 aromatic rings. The summed E-state index contributed by atoms with van der Waals surface area (Å²) in [7, 11) is 0. The molecule has 2 N–H and O–H groups in total. The van der Waals surface area contributed by atoms with Crippen molar-refractivity contribution in [2.24, 2.45) is 0 Å². The summed E-state index contributed by atoms with van der Waals surface area (Å²) < 4.78 is 4.78. The molecule has 0 bridgehead atoms. The van der Waals surface area contributed by atoms with Gasteiger partial charge in [-0.15, -0.1) is 0 Å². The molecule has 0 saturated carbocycles. The molecule has 0 unspecified atom stereocenters. The highest BCUT2D eigenvalue weighted by Gasteiger charge is 2.27. The van der Waals surface area contributed by atoms with Crippen LogP contribution in [0.3, 0.4) is 0 Å². The Morgan fingerprint density at radius 3 is 2.86 bits per heavy atom. The van der Waals surface area contributed by atoms with Gasteiger partial charge >= 0.3 is 5.97 Å². The van der Waals surface area contributed by atoms with Crippen LogP contribution in [0.25, 0.3) is 5.76 Å². The minimum atomic E-state index is -0.829. The number of carbonyl (C=O) groups excluding carboxylic acids is 2. The second-order valence-electron chi connectivity index (χ2n) is 4.26. The fraction of sp³-hybridized carbons (Fsp3) is 0.231. The van der Waals surface area contributed by atoms with Gasteiger partial charge in [0, 0.05) is 17.7 Å². The van der Waals surface area contributed by atoms with E-state index in [2.05, 4.69) is 5.32 Å². The van der Waals surface area contributed by atoms with Crippen molar-refractivity contribution >= 4 is 29.0 Å². The molecule has 0 radical (unpaired) electrons. The van der Waals surface area contributed by atoms with E-state index >= 15 is 0 Å². The van der Waals surface area contributed by atoms with Crippen molar-refractivity contribution in [3.05, 3.63) is 39.4 Å². The van der Waals surface area contributed by atoms with Gasteiger partial charge in [0.2, 0.25) is 5.91 Å². The van der Waals surface area contributed by atoms with Crippen molar-refractivity contribution in [2.75, 3.05) is 11.9 Å². The first-order valence-corrected chi connectivity index (χ1v) is 6.12. The van der Waals surface area contributed by atoms with E-state index in [1.54, 1.807) is 6.92 Å². The number of hydrogen-bond donors (Lipinski definition) is 2. The van der Waals surface area contributed by atoms with Gasteiger partial charge in [-0.2, -0.15) is 0 Å². The number of anilines is 1. The maximum atomic E-state index is 11.8. The third-order valence-electron chi connectivity index (χ3n) is 2.89. The van der Waals surface area contributed by atoms with Crippen LogP contribution < -0.4 is 5.32 Å². The van der Waals surface area contributed by atoms with Gasteiger partial charge in [0.25, 0.3) is 5.69 Å². The number of esters is 1. The van der Waals surface area contributed by atoms with E-state index in [4.69, 9.17) is 4.74 Å². The van der Waals surface area contributed by atoms with Crippen LogP contribution in [0.2, 0.25) is 0 Å². The standard InChI is InChI=1S/C13H12N2O6/c1-2-21-13(18)9-6-11(16)14-10-4-3-7(15(19)20)5-8(10)12(9)17/h3-5,17H,2,6H2,1H3,(H,14,16). The van der Waals surface area contributed by atoms with Crippen LogP contribution in [0.4, 0.5) is 11.4 Å². The van der Waals surface area contributed by atoms with Gasteiger partial charge in [-0.25, -0.2) is 4.79 Å². The van der Waals surface area contributed by atoms with Crippen LogP contribution in [0.15, 0.2) is 23.8 Å². The maximum absolute atomic E-state index is 11.8. The largest absolute Gasteiger partial charge is 0.507 e. The molecule has 1 heterocycles. The number of non-ortho nitro benzene ring substituents is 1. The molecule has 0 atom stereocenters. The Hall–Kier alpha value is -2.90. The van der Waals surface area contributed by atoms with Gasteiger partial charge in [0.05, 0.1) is 29.2 Å². The number of benzene rings is 1. The Balaban J connectivity index is 2.59. The molecule has 0 aliphatic carbocycles. The molecule has 1 aliphatic heterocycles. The SMILES string of the molecule is CCOC(=O)C1=C(O)c2cc([N+](=O)[O-])ccc2NC(=O)C1. The van der Waals surface area contributed by atoms with Crippen molar-refractivity contribution in [1.29, 1.82) is 0 Å². The normalized spacial score (nSPS) is 14.0. The average Bonchev–Trinajstić information content (AvgIpc) is 2.56. The third kappa shape index (κ3) is 2.83. The van der Waals surface area contributed by atoms with Crippen LogP contribution in [-0.4, -0.2) is 28.5 Å². The first-order chi connectivity index (χ1) is 9.93. The maximum Gasteiger partial charge on any atom is 0.338 e. The molecule has 21 heavy (non-hydrogen) atoms. The minimum absolute atomic E-state index is 0.0121. The summed E-state index contributed by atoms with van der Waals surface area (Å²) in [6.07, 6.45) is -0.368. The lowest BCUT2D eigenvalue weighted by atomic mass is 10.1. The number of nitrogens with zero attached hydrogens (tertiary/aromatic N) is 1. The summed E-state index contributed by atoms with van der Waals surface area (Å²) in [6, 6.07) is 3.59. The molecule has 0 aromatic heterocycles. The van der Waals surface area contributed by atoms with Crippen molar-refractivity contribution in [1.82, 2.24) is 0 Å². The molecule has 0 spiro atoms. The Labute approximate surface area is 119 Å². The van der Waals surface area contributed by atoms with Crippen LogP contribution in [0.1, 0.15) is 18.9 Å². The molecule has 8 nitrogen and oxygen atoms in total. The summed E-state index contributed by atoms with van der Waals surface area (Å²) in [4.78, 5) is 33.7. The van der Waals surface area contributed by atoms with Gasteiger partial charge in [-0.1, -0.05) is 0 Å². The van der Waals surface area contributed by atoms with Gasteiger partial charge in [0.1, 0.15) is 5.76 Å². The highest BCUT2D eigenvalue weighted by atomic mass is 16.6. The minimum Gasteiger partial charge on any atom is -0.507 e. The number of ether oxygens (including phenoxy) is 1. The Morgan fingerprint density at radius 2 is 2.24 bits per heavy atom. The molecule has 1 aliphatic rings. The van der Waals surface area contributed by atoms with Crippen molar-refractivity contribution < 1.29 is 24.4 Å². The summed E-state index contributed by atoms with van der Waals surface area (Å²) in [6.45, 7) is 1.67. The van der Waals surface area contributed by atoms with Gasteiger partial charge in [0.15, 0.2) is 0 Å². The number of carbonyl (C=O) groups is 2. The number of amides is 1. The number of aliphatic hydroxyl groups excluding tert-OH is 1. The van der Waals surface area contributed by atoms with E-state index in [9.17, 15) is 24.8 Å². The van der Waals surface area contributed by atoms with E-state index in [-0.39, 0.29) is 35.5 Å². The molecular formula is C13H12N2O6. The van der Waals surface area contributed by atoms with Gasteiger partial charge < -0.3 is 15.2 Å². The summed E-state index contributed by atoms with van der Waals surface area (Å²) in [5.74, 6) is -1.84. The first-order valence-electron chi connectivity index (χ1n) is 6.12. The topological polar surface area (TPSA) is 119 Å². The zero-order chi connectivity index (χ0) is 15.6. The quantitative estimate of drug-likeness (QED) is 0.498. The molecule has 8 heteroatoms. The monoisotopic (exact) mass is 292 g/mol. The summed E-state index contributed by atoms with van der Waals surface area (Å²) in [5, 5.41) is 23.5. The van der Waals surface area contributed by atoms with Gasteiger partial charge in [-0.3, -0.25) is 14.9 Å². The Morgan fingerprint density at radius 1 is 1.52 bits per heavy atom. The zero-order valence-electron chi connectivity index (χ0n) is 11.1. The van der Waals surface area contributed by atoms with Crippen molar-refractivity contribution in [3.63, 3.8) is 0 Å². The van der Waals surface area contributed by atoms with E-state index < -0.39 is 22.6 Å². The molecule has 110 valence electrons. The van der Waals surface area contributed by atoms with E-state index in [0.29, 0.717) is 0 Å². The van der Waals surface area contributed by atoms with Crippen LogP contribution in [0.5, 0.6) is 0 Å². The van der Waals surface area contributed by atoms with Crippen molar-refractivity contribution in [2.45, 2.75) is 13.3 Å². The number of rotatable bonds is 3. The summed E-state index contributed by atoms with van der Waals surface area (Å²) >= 11 is 0. The lowest BCUT2D eigenvalue weighted by Crippen LogP contribution is -2.15. The number of nitrogens with one attached hydrogen (secondary N) is 1. The predicted molar refractivity (Wildman–Crippen MR) is 72.5 cm³/mol. The van der Waals surface area contributed by atoms with E-state index in [1.807, 2.05) is 0 Å². The van der Waals surface area contributed by atoms with E-state index in [1.165, 1.54) is 12.1 Å². The van der Waals surface area contributed by atoms with Crippen LogP contribution >= 0.6 is 0 Å². The highest BCUT2D eigenvalue weighted by molar-refractivity contribution is 6.08. The smallest absolute Gasteiger partial charge is 0.338 e. The number of nitro benzene ring substituents is 1. The first kappa shape index (κ1) is 14.5. The van der Waals surface area contributed by atoms with E-state index in [0.717, 1.165) is 6.07 Å². The van der Waals surface area contributed by atoms with Crippen LogP contribution in [-0.2, 0) is 14.3 Å². The predicted octanol–water partition coefficient (Wildman–Crippen LogP) is 1.77. The third-order valence-corrected chi connectivity index (χ3v) is 2.89. The number of nitro groups is 1. The highest BCUT2D eigenvalue weighted by Crippen LogP contribution is 2.32. The number of fused-ring (bicyclic) bond motifs is 1. The second-order valence-corrected chi connectivity index (χ2v) is 4.26. The summed E-state index contributed by atoms with van der Waals surface area (Å²) in [5.41, 5.74) is -0.284. The fourth-order valence-electron chi connectivity index (χ4n) is 1.94. The number of hydrogen-bond acceptors (Lipinski definition) is 6. The number of aliphatic hydroxyl groups is 1. The zero-order valence-corrected chi connectivity index (χ0v) is 11.1. The average molecular weight is 292 g/mol.